The van der Waals surface area contributed by atoms with E-state index < -0.39 is 0 Å². The molecule has 1 atom stereocenters. The Bertz CT molecular complexity index is 410. The van der Waals surface area contributed by atoms with Crippen molar-refractivity contribution in [1.29, 1.82) is 0 Å². The Kier molecular flexibility index (Phi) is 2.93. The van der Waals surface area contributed by atoms with Crippen molar-refractivity contribution in [3.8, 4) is 0 Å². The first-order valence-electron chi connectivity index (χ1n) is 5.14. The summed E-state index contributed by atoms with van der Waals surface area (Å²) in [5, 5.41) is 0. The number of aryl methyl sites for hydroxylation is 1. The summed E-state index contributed by atoms with van der Waals surface area (Å²) in [7, 11) is 0. The van der Waals surface area contributed by atoms with E-state index in [-0.39, 0.29) is 11.7 Å². The fourth-order valence-electron chi connectivity index (χ4n) is 2.27. The Morgan fingerprint density at radius 3 is 3.20 bits per heavy atom. The number of hydrogen-bond acceptors (Lipinski definition) is 2. The highest BCUT2D eigenvalue weighted by atomic mass is 19.1. The van der Waals surface area contributed by atoms with Crippen molar-refractivity contribution in [1.82, 2.24) is 0 Å². The van der Waals surface area contributed by atoms with Crippen molar-refractivity contribution in [2.75, 3.05) is 6.54 Å². The minimum absolute atomic E-state index is 0.0522. The van der Waals surface area contributed by atoms with E-state index in [0.29, 0.717) is 6.54 Å². The molecule has 1 aliphatic rings. The lowest BCUT2D eigenvalue weighted by Crippen LogP contribution is -2.14. The molecular formula is C12H12FNO. The van der Waals surface area contributed by atoms with Gasteiger partial charge in [0.1, 0.15) is 5.82 Å². The Balaban J connectivity index is 2.36. The predicted molar refractivity (Wildman–Crippen MR) is 55.1 cm³/mol. The average Bonchev–Trinajstić information content (AvgIpc) is 2.26. The minimum atomic E-state index is -0.168. The van der Waals surface area contributed by atoms with Gasteiger partial charge in [-0.25, -0.2) is 14.2 Å². The molecule has 0 radical (unpaired) electrons. The van der Waals surface area contributed by atoms with Gasteiger partial charge in [0.15, 0.2) is 0 Å². The maximum Gasteiger partial charge on any atom is 0.234 e. The van der Waals surface area contributed by atoms with Gasteiger partial charge in [-0.05, 0) is 36.5 Å². The SMILES string of the molecule is O=C=NCC1CCCc2cccc(F)c21. The average molecular weight is 205 g/mol. The second-order valence-corrected chi connectivity index (χ2v) is 3.83. The van der Waals surface area contributed by atoms with Crippen molar-refractivity contribution in [2.24, 2.45) is 4.99 Å². The van der Waals surface area contributed by atoms with E-state index in [2.05, 4.69) is 4.99 Å². The van der Waals surface area contributed by atoms with Gasteiger partial charge in [0.25, 0.3) is 0 Å². The number of benzene rings is 1. The van der Waals surface area contributed by atoms with Crippen LogP contribution in [0.4, 0.5) is 4.39 Å². The highest BCUT2D eigenvalue weighted by Gasteiger charge is 2.22. The van der Waals surface area contributed by atoms with Crippen molar-refractivity contribution in [3.05, 3.63) is 35.1 Å². The summed E-state index contributed by atoms with van der Waals surface area (Å²) in [5.41, 5.74) is 1.81. The highest BCUT2D eigenvalue weighted by Crippen LogP contribution is 2.33. The van der Waals surface area contributed by atoms with Gasteiger partial charge in [-0.15, -0.1) is 0 Å². The fourth-order valence-corrected chi connectivity index (χ4v) is 2.27. The number of carbonyl (C=O) groups excluding carboxylic acids is 1. The van der Waals surface area contributed by atoms with Gasteiger partial charge in [0, 0.05) is 5.92 Å². The van der Waals surface area contributed by atoms with E-state index in [1.165, 1.54) is 12.1 Å². The second kappa shape index (κ2) is 4.37. The molecule has 1 aromatic carbocycles. The molecule has 0 saturated carbocycles. The summed E-state index contributed by atoms with van der Waals surface area (Å²) >= 11 is 0. The van der Waals surface area contributed by atoms with Crippen LogP contribution in [0, 0.1) is 5.82 Å². The van der Waals surface area contributed by atoms with E-state index in [0.717, 1.165) is 30.4 Å². The van der Waals surface area contributed by atoms with E-state index in [1.54, 1.807) is 6.07 Å². The van der Waals surface area contributed by atoms with Crippen LogP contribution in [0.5, 0.6) is 0 Å². The normalized spacial score (nSPS) is 19.1. The molecular weight excluding hydrogens is 193 g/mol. The molecule has 0 N–H and O–H groups in total. The van der Waals surface area contributed by atoms with E-state index in [4.69, 9.17) is 0 Å². The number of fused-ring (bicyclic) bond motifs is 1. The van der Waals surface area contributed by atoms with Gasteiger partial charge in [0.05, 0.1) is 6.54 Å². The number of aliphatic imine (C=N–C) groups is 1. The van der Waals surface area contributed by atoms with Crippen LogP contribution >= 0.6 is 0 Å². The van der Waals surface area contributed by atoms with Crippen molar-refractivity contribution < 1.29 is 9.18 Å². The summed E-state index contributed by atoms with van der Waals surface area (Å²) in [6.07, 6.45) is 4.38. The van der Waals surface area contributed by atoms with Crippen LogP contribution in [0.2, 0.25) is 0 Å². The van der Waals surface area contributed by atoms with Gasteiger partial charge < -0.3 is 0 Å². The number of rotatable bonds is 2. The molecule has 0 fully saturated rings. The van der Waals surface area contributed by atoms with Gasteiger partial charge >= 0.3 is 0 Å². The van der Waals surface area contributed by atoms with Gasteiger partial charge in [-0.1, -0.05) is 12.1 Å². The zero-order valence-electron chi connectivity index (χ0n) is 8.37. The number of nitrogens with zero attached hydrogens (tertiary/aromatic N) is 1. The molecule has 1 aliphatic carbocycles. The standard InChI is InChI=1S/C12H12FNO/c13-11-6-2-4-9-3-1-5-10(12(9)11)7-14-8-15/h2,4,6,10H,1,3,5,7H2. The zero-order valence-corrected chi connectivity index (χ0v) is 8.37. The maximum absolute atomic E-state index is 13.6. The number of hydrogen-bond donors (Lipinski definition) is 0. The molecule has 0 amide bonds. The van der Waals surface area contributed by atoms with Gasteiger partial charge in [-0.2, -0.15) is 0 Å². The molecule has 2 nitrogen and oxygen atoms in total. The molecule has 0 spiro atoms. The number of isocyanates is 1. The molecule has 0 bridgehead atoms. The topological polar surface area (TPSA) is 29.4 Å². The molecule has 15 heavy (non-hydrogen) atoms. The molecule has 0 aliphatic heterocycles. The third kappa shape index (κ3) is 1.97. The van der Waals surface area contributed by atoms with Crippen LogP contribution in [0.1, 0.15) is 29.9 Å². The van der Waals surface area contributed by atoms with Gasteiger partial charge in [0.2, 0.25) is 6.08 Å². The molecule has 1 aromatic rings. The molecule has 0 aromatic heterocycles. The molecule has 3 heteroatoms. The van der Waals surface area contributed by atoms with E-state index in [9.17, 15) is 9.18 Å². The predicted octanol–water partition coefficient (Wildman–Crippen LogP) is 2.58. The van der Waals surface area contributed by atoms with Crippen molar-refractivity contribution in [3.63, 3.8) is 0 Å². The molecule has 1 unspecified atom stereocenters. The smallest absolute Gasteiger partial charge is 0.211 e. The van der Waals surface area contributed by atoms with E-state index in [1.807, 2.05) is 6.07 Å². The third-order valence-corrected chi connectivity index (χ3v) is 2.93. The van der Waals surface area contributed by atoms with Crippen LogP contribution in [0.25, 0.3) is 0 Å². The second-order valence-electron chi connectivity index (χ2n) is 3.83. The van der Waals surface area contributed by atoms with Crippen molar-refractivity contribution >= 4 is 6.08 Å². The lowest BCUT2D eigenvalue weighted by atomic mass is 9.82. The number of halogens is 1. The monoisotopic (exact) mass is 205 g/mol. The highest BCUT2D eigenvalue weighted by molar-refractivity contribution is 5.36. The van der Waals surface area contributed by atoms with Crippen LogP contribution in [0.3, 0.4) is 0 Å². The summed E-state index contributed by atoms with van der Waals surface area (Å²) in [6.45, 7) is 0.359. The summed E-state index contributed by atoms with van der Waals surface area (Å²) in [6, 6.07) is 5.16. The third-order valence-electron chi connectivity index (χ3n) is 2.93. The maximum atomic E-state index is 13.6. The summed E-state index contributed by atoms with van der Waals surface area (Å²) in [4.78, 5) is 13.6. The Hall–Kier alpha value is -1.47. The lowest BCUT2D eigenvalue weighted by molar-refractivity contribution is 0.509. The fraction of sp³-hybridized carbons (Fsp3) is 0.417. The van der Waals surface area contributed by atoms with Crippen LogP contribution < -0.4 is 0 Å². The van der Waals surface area contributed by atoms with Crippen molar-refractivity contribution in [2.45, 2.75) is 25.2 Å². The first-order valence-corrected chi connectivity index (χ1v) is 5.14. The molecule has 2 rings (SSSR count). The first-order chi connectivity index (χ1) is 7.33. The van der Waals surface area contributed by atoms with Crippen LogP contribution in [-0.2, 0) is 11.2 Å². The summed E-state index contributed by atoms with van der Waals surface area (Å²) in [5.74, 6) is -0.116. The molecule has 78 valence electrons. The Morgan fingerprint density at radius 2 is 2.40 bits per heavy atom. The first kappa shape index (κ1) is 10.1. The zero-order chi connectivity index (χ0) is 10.7. The Labute approximate surface area is 87.8 Å². The quantitative estimate of drug-likeness (QED) is 0.539. The molecule has 0 saturated heterocycles. The van der Waals surface area contributed by atoms with E-state index >= 15 is 0 Å². The largest absolute Gasteiger partial charge is 0.234 e. The van der Waals surface area contributed by atoms with Crippen LogP contribution in [-0.4, -0.2) is 12.6 Å². The minimum Gasteiger partial charge on any atom is -0.211 e. The van der Waals surface area contributed by atoms with Gasteiger partial charge in [-0.3, -0.25) is 0 Å². The van der Waals surface area contributed by atoms with Crippen LogP contribution in [0.15, 0.2) is 23.2 Å². The Morgan fingerprint density at radius 1 is 1.53 bits per heavy atom. The lowest BCUT2D eigenvalue weighted by Gasteiger charge is -2.24. The molecule has 0 heterocycles. The summed E-state index contributed by atoms with van der Waals surface area (Å²) < 4.78 is 13.6.